The molecule has 0 aliphatic carbocycles. The molecule has 2 aromatic rings. The molecule has 0 spiro atoms. The Morgan fingerprint density at radius 3 is 2.82 bits per heavy atom. The normalized spacial score (nSPS) is 10.8. The van der Waals surface area contributed by atoms with Gasteiger partial charge in [0.1, 0.15) is 17.3 Å². The molecule has 0 unspecified atom stereocenters. The van der Waals surface area contributed by atoms with E-state index in [1.807, 2.05) is 0 Å². The van der Waals surface area contributed by atoms with Gasteiger partial charge in [0, 0.05) is 17.0 Å². The van der Waals surface area contributed by atoms with Crippen molar-refractivity contribution in [2.24, 2.45) is 0 Å². The van der Waals surface area contributed by atoms with Crippen molar-refractivity contribution in [3.8, 4) is 0 Å². The number of anilines is 1. The molecule has 5 heteroatoms. The minimum absolute atomic E-state index is 0.364. The molecule has 0 saturated carbocycles. The predicted molar refractivity (Wildman–Crippen MR) is 72.7 cm³/mol. The van der Waals surface area contributed by atoms with Gasteiger partial charge in [-0.05, 0) is 25.3 Å². The fourth-order valence-corrected chi connectivity index (χ4v) is 2.42. The van der Waals surface area contributed by atoms with Crippen molar-refractivity contribution in [1.29, 1.82) is 0 Å². The molecule has 0 radical (unpaired) electrons. The lowest BCUT2D eigenvalue weighted by atomic mass is 10.3. The van der Waals surface area contributed by atoms with Gasteiger partial charge in [-0.15, -0.1) is 11.3 Å². The largest absolute Gasteiger partial charge is 0.349 e. The third-order valence-corrected chi connectivity index (χ3v) is 3.51. The predicted octanol–water partition coefficient (Wildman–Crippen LogP) is 3.61. The third-order valence-electron chi connectivity index (χ3n) is 2.44. The Kier molecular flexibility index (Phi) is 3.97. The molecule has 0 atom stereocenters. The maximum absolute atomic E-state index is 5.90. The van der Waals surface area contributed by atoms with Gasteiger partial charge in [0.05, 0.1) is 6.54 Å². The lowest BCUT2D eigenvalue weighted by molar-refractivity contribution is 0.676. The van der Waals surface area contributed by atoms with Crippen LogP contribution in [0.4, 0.5) is 5.82 Å². The Hall–Kier alpha value is -1.13. The van der Waals surface area contributed by atoms with Crippen LogP contribution in [0.25, 0.3) is 0 Å². The number of aromatic nitrogens is 2. The SMILES string of the molecule is CC(C)N(Cc1cccs1)c1cc(Cl)ncn1. The Labute approximate surface area is 110 Å². The minimum Gasteiger partial charge on any atom is -0.349 e. The number of halogens is 1. The van der Waals surface area contributed by atoms with Crippen LogP contribution >= 0.6 is 22.9 Å². The van der Waals surface area contributed by atoms with Crippen LogP contribution in [0.2, 0.25) is 5.15 Å². The summed E-state index contributed by atoms with van der Waals surface area (Å²) in [7, 11) is 0. The smallest absolute Gasteiger partial charge is 0.134 e. The highest BCUT2D eigenvalue weighted by Crippen LogP contribution is 2.21. The molecular formula is C12H14ClN3S. The van der Waals surface area contributed by atoms with Crippen LogP contribution in [0, 0.1) is 0 Å². The van der Waals surface area contributed by atoms with E-state index in [0.29, 0.717) is 11.2 Å². The summed E-state index contributed by atoms with van der Waals surface area (Å²) in [5.41, 5.74) is 0. The van der Waals surface area contributed by atoms with Crippen LogP contribution in [0.1, 0.15) is 18.7 Å². The van der Waals surface area contributed by atoms with Crippen LogP contribution < -0.4 is 4.90 Å². The third kappa shape index (κ3) is 3.17. The summed E-state index contributed by atoms with van der Waals surface area (Å²) < 4.78 is 0. The van der Waals surface area contributed by atoms with Gasteiger partial charge < -0.3 is 4.90 Å². The summed E-state index contributed by atoms with van der Waals surface area (Å²) in [6.07, 6.45) is 1.50. The van der Waals surface area contributed by atoms with E-state index in [-0.39, 0.29) is 0 Å². The number of hydrogen-bond acceptors (Lipinski definition) is 4. The molecule has 0 aliphatic rings. The van der Waals surface area contributed by atoms with Gasteiger partial charge in [-0.1, -0.05) is 17.7 Å². The van der Waals surface area contributed by atoms with Crippen molar-refractivity contribution in [2.45, 2.75) is 26.4 Å². The quantitative estimate of drug-likeness (QED) is 0.793. The fourth-order valence-electron chi connectivity index (χ4n) is 1.58. The Bertz CT molecular complexity index is 470. The van der Waals surface area contributed by atoms with E-state index in [1.54, 1.807) is 17.4 Å². The number of rotatable bonds is 4. The zero-order valence-corrected chi connectivity index (χ0v) is 11.4. The average molecular weight is 268 g/mol. The van der Waals surface area contributed by atoms with Gasteiger partial charge in [0.25, 0.3) is 0 Å². The number of nitrogens with zero attached hydrogens (tertiary/aromatic N) is 3. The maximum atomic E-state index is 5.90. The molecule has 90 valence electrons. The van der Waals surface area contributed by atoms with E-state index in [9.17, 15) is 0 Å². The first kappa shape index (κ1) is 12.3. The first-order valence-corrected chi connectivity index (χ1v) is 6.69. The molecule has 3 nitrogen and oxygen atoms in total. The monoisotopic (exact) mass is 267 g/mol. The average Bonchev–Trinajstić information content (AvgIpc) is 2.78. The summed E-state index contributed by atoms with van der Waals surface area (Å²) in [5.74, 6) is 0.869. The molecule has 2 rings (SSSR count). The molecule has 0 aliphatic heterocycles. The molecule has 0 saturated heterocycles. The number of thiophene rings is 1. The summed E-state index contributed by atoms with van der Waals surface area (Å²) in [6, 6.07) is 6.35. The van der Waals surface area contributed by atoms with Crippen molar-refractivity contribution < 1.29 is 0 Å². The second kappa shape index (κ2) is 5.47. The Morgan fingerprint density at radius 2 is 2.24 bits per heavy atom. The van der Waals surface area contributed by atoms with Crippen molar-refractivity contribution >= 4 is 28.8 Å². The van der Waals surface area contributed by atoms with Gasteiger partial charge >= 0.3 is 0 Å². The first-order chi connectivity index (χ1) is 8.16. The van der Waals surface area contributed by atoms with Crippen LogP contribution in [0.5, 0.6) is 0 Å². The van der Waals surface area contributed by atoms with E-state index < -0.39 is 0 Å². The zero-order valence-electron chi connectivity index (χ0n) is 9.80. The van der Waals surface area contributed by atoms with Gasteiger partial charge in [0.15, 0.2) is 0 Å². The first-order valence-electron chi connectivity index (χ1n) is 5.43. The van der Waals surface area contributed by atoms with Gasteiger partial charge in [-0.25, -0.2) is 9.97 Å². The Balaban J connectivity index is 2.23. The lowest BCUT2D eigenvalue weighted by Crippen LogP contribution is -2.30. The molecular weight excluding hydrogens is 254 g/mol. The molecule has 0 aromatic carbocycles. The van der Waals surface area contributed by atoms with E-state index in [2.05, 4.69) is 46.2 Å². The Morgan fingerprint density at radius 1 is 1.41 bits per heavy atom. The van der Waals surface area contributed by atoms with Gasteiger partial charge in [-0.3, -0.25) is 0 Å². The zero-order chi connectivity index (χ0) is 12.3. The van der Waals surface area contributed by atoms with E-state index in [0.717, 1.165) is 12.4 Å². The van der Waals surface area contributed by atoms with Crippen molar-refractivity contribution in [3.05, 3.63) is 39.9 Å². The van der Waals surface area contributed by atoms with Gasteiger partial charge in [-0.2, -0.15) is 0 Å². The van der Waals surface area contributed by atoms with E-state index in [4.69, 9.17) is 11.6 Å². The number of hydrogen-bond donors (Lipinski definition) is 0. The van der Waals surface area contributed by atoms with Crippen LogP contribution in [0.3, 0.4) is 0 Å². The second-order valence-electron chi connectivity index (χ2n) is 4.00. The molecule has 0 amide bonds. The fraction of sp³-hybridized carbons (Fsp3) is 0.333. The summed E-state index contributed by atoms with van der Waals surface area (Å²) in [4.78, 5) is 11.7. The maximum Gasteiger partial charge on any atom is 0.134 e. The highest BCUT2D eigenvalue weighted by Gasteiger charge is 2.13. The van der Waals surface area contributed by atoms with Crippen LogP contribution in [0.15, 0.2) is 29.9 Å². The standard InChI is InChI=1S/C12H14ClN3S/c1-9(2)16(7-10-4-3-5-17-10)12-6-11(13)14-8-15-12/h3-6,8-9H,7H2,1-2H3. The highest BCUT2D eigenvalue weighted by atomic mass is 35.5. The second-order valence-corrected chi connectivity index (χ2v) is 5.42. The molecule has 17 heavy (non-hydrogen) atoms. The van der Waals surface area contributed by atoms with E-state index >= 15 is 0 Å². The highest BCUT2D eigenvalue weighted by molar-refractivity contribution is 7.09. The molecule has 0 N–H and O–H groups in total. The lowest BCUT2D eigenvalue weighted by Gasteiger charge is -2.27. The summed E-state index contributed by atoms with van der Waals surface area (Å²) >= 11 is 7.65. The molecule has 0 bridgehead atoms. The summed E-state index contributed by atoms with van der Waals surface area (Å²) in [5, 5.41) is 2.56. The topological polar surface area (TPSA) is 29.0 Å². The summed E-state index contributed by atoms with van der Waals surface area (Å²) in [6.45, 7) is 5.13. The van der Waals surface area contributed by atoms with Crippen LogP contribution in [-0.2, 0) is 6.54 Å². The van der Waals surface area contributed by atoms with Crippen molar-refractivity contribution in [1.82, 2.24) is 9.97 Å². The molecule has 2 heterocycles. The molecule has 0 fully saturated rings. The van der Waals surface area contributed by atoms with E-state index in [1.165, 1.54) is 11.2 Å². The van der Waals surface area contributed by atoms with Crippen LogP contribution in [-0.4, -0.2) is 16.0 Å². The minimum atomic E-state index is 0.364. The molecule has 2 aromatic heterocycles. The van der Waals surface area contributed by atoms with Crippen molar-refractivity contribution in [3.63, 3.8) is 0 Å². The van der Waals surface area contributed by atoms with Gasteiger partial charge in [0.2, 0.25) is 0 Å². The van der Waals surface area contributed by atoms with Crippen molar-refractivity contribution in [2.75, 3.05) is 4.90 Å².